The number of aryl methyl sites for hydroxylation is 1. The lowest BCUT2D eigenvalue weighted by molar-refractivity contribution is 0.551. The van der Waals surface area contributed by atoms with Gasteiger partial charge in [-0.3, -0.25) is 4.68 Å². The third-order valence-corrected chi connectivity index (χ3v) is 3.98. The van der Waals surface area contributed by atoms with Gasteiger partial charge in [-0.1, -0.05) is 48.0 Å². The number of aromatic nitrogens is 2. The molecule has 0 radical (unpaired) electrons. The minimum absolute atomic E-state index is 0.672. The number of rotatable bonds is 6. The van der Waals surface area contributed by atoms with Gasteiger partial charge in [-0.2, -0.15) is 5.10 Å². The zero-order chi connectivity index (χ0) is 14.5. The monoisotopic (exact) mass is 335 g/mol. The molecule has 0 amide bonds. The van der Waals surface area contributed by atoms with Crippen LogP contribution < -0.4 is 5.32 Å². The van der Waals surface area contributed by atoms with Crippen molar-refractivity contribution in [2.75, 3.05) is 6.54 Å². The van der Waals surface area contributed by atoms with Crippen molar-refractivity contribution in [1.29, 1.82) is 0 Å². The van der Waals surface area contributed by atoms with E-state index in [2.05, 4.69) is 71.5 Å². The first-order valence-corrected chi connectivity index (χ1v) is 7.82. The second-order valence-electron chi connectivity index (χ2n) is 5.55. The van der Waals surface area contributed by atoms with Crippen molar-refractivity contribution in [2.45, 2.75) is 33.9 Å². The molecule has 0 aliphatic carbocycles. The van der Waals surface area contributed by atoms with E-state index in [4.69, 9.17) is 0 Å². The first-order valence-electron chi connectivity index (χ1n) is 7.03. The van der Waals surface area contributed by atoms with Crippen molar-refractivity contribution >= 4 is 15.9 Å². The number of benzene rings is 1. The second kappa shape index (κ2) is 7.04. The first kappa shape index (κ1) is 15.3. The van der Waals surface area contributed by atoms with Crippen LogP contribution in [0.3, 0.4) is 0 Å². The molecule has 0 bridgehead atoms. The van der Waals surface area contributed by atoms with Crippen molar-refractivity contribution in [3.8, 4) is 0 Å². The largest absolute Gasteiger partial charge is 0.312 e. The van der Waals surface area contributed by atoms with Crippen LogP contribution in [0.2, 0.25) is 0 Å². The van der Waals surface area contributed by atoms with Gasteiger partial charge in [0.1, 0.15) is 0 Å². The van der Waals surface area contributed by atoms with Gasteiger partial charge in [-0.25, -0.2) is 0 Å². The molecule has 0 spiro atoms. The van der Waals surface area contributed by atoms with Gasteiger partial charge in [0, 0.05) is 22.8 Å². The van der Waals surface area contributed by atoms with Gasteiger partial charge in [-0.05, 0) is 31.0 Å². The van der Waals surface area contributed by atoms with Crippen molar-refractivity contribution in [3.05, 3.63) is 51.8 Å². The smallest absolute Gasteiger partial charge is 0.0670 e. The van der Waals surface area contributed by atoms with Gasteiger partial charge in [-0.15, -0.1) is 0 Å². The van der Waals surface area contributed by atoms with Crippen LogP contribution in [0.15, 0.2) is 34.9 Å². The summed E-state index contributed by atoms with van der Waals surface area (Å²) in [5.41, 5.74) is 3.63. The minimum Gasteiger partial charge on any atom is -0.312 e. The quantitative estimate of drug-likeness (QED) is 0.871. The standard InChI is InChI=1S/C16H22BrN3/c1-12(2)8-18-9-15-11-20(19-13(15)3)10-14-6-4-5-7-16(14)17/h4-7,11-12,18H,8-10H2,1-3H3. The van der Waals surface area contributed by atoms with Crippen LogP contribution in [0.25, 0.3) is 0 Å². The van der Waals surface area contributed by atoms with Gasteiger partial charge < -0.3 is 5.32 Å². The fourth-order valence-electron chi connectivity index (χ4n) is 2.11. The Morgan fingerprint density at radius 3 is 2.70 bits per heavy atom. The van der Waals surface area contributed by atoms with Crippen molar-refractivity contribution < 1.29 is 0 Å². The van der Waals surface area contributed by atoms with Crippen LogP contribution in [0.5, 0.6) is 0 Å². The average Bonchev–Trinajstić information content (AvgIpc) is 2.72. The molecule has 108 valence electrons. The lowest BCUT2D eigenvalue weighted by atomic mass is 10.2. The van der Waals surface area contributed by atoms with E-state index in [1.807, 2.05) is 10.7 Å². The highest BCUT2D eigenvalue weighted by Crippen LogP contribution is 2.17. The van der Waals surface area contributed by atoms with Crippen LogP contribution >= 0.6 is 15.9 Å². The molecule has 1 aromatic carbocycles. The molecule has 0 unspecified atom stereocenters. The average molecular weight is 336 g/mol. The summed E-state index contributed by atoms with van der Waals surface area (Å²) in [4.78, 5) is 0. The fourth-order valence-corrected chi connectivity index (χ4v) is 2.52. The molecule has 3 nitrogen and oxygen atoms in total. The highest BCUT2D eigenvalue weighted by atomic mass is 79.9. The maximum Gasteiger partial charge on any atom is 0.0670 e. The molecule has 1 N–H and O–H groups in total. The molecule has 2 rings (SSSR count). The summed E-state index contributed by atoms with van der Waals surface area (Å²) >= 11 is 3.58. The molecule has 0 saturated heterocycles. The van der Waals surface area contributed by atoms with E-state index in [-0.39, 0.29) is 0 Å². The number of nitrogens with one attached hydrogen (secondary N) is 1. The van der Waals surface area contributed by atoms with E-state index in [1.165, 1.54) is 11.1 Å². The maximum absolute atomic E-state index is 4.60. The van der Waals surface area contributed by atoms with Crippen LogP contribution in [0.1, 0.15) is 30.7 Å². The summed E-state index contributed by atoms with van der Waals surface area (Å²) in [6, 6.07) is 8.28. The summed E-state index contributed by atoms with van der Waals surface area (Å²) in [6.07, 6.45) is 2.14. The molecular weight excluding hydrogens is 314 g/mol. The molecule has 0 fully saturated rings. The lowest BCUT2D eigenvalue weighted by Gasteiger charge is -2.06. The molecule has 0 aliphatic rings. The third kappa shape index (κ3) is 4.18. The van der Waals surface area contributed by atoms with Crippen LogP contribution in [-0.2, 0) is 13.1 Å². The normalized spacial score (nSPS) is 11.2. The molecule has 2 aromatic rings. The Hall–Kier alpha value is -1.13. The Morgan fingerprint density at radius 1 is 1.25 bits per heavy atom. The van der Waals surface area contributed by atoms with Gasteiger partial charge in [0.2, 0.25) is 0 Å². The van der Waals surface area contributed by atoms with E-state index in [0.717, 1.165) is 29.8 Å². The highest BCUT2D eigenvalue weighted by Gasteiger charge is 2.06. The predicted octanol–water partition coefficient (Wildman–Crippen LogP) is 3.75. The third-order valence-electron chi connectivity index (χ3n) is 3.21. The lowest BCUT2D eigenvalue weighted by Crippen LogP contribution is -2.19. The van der Waals surface area contributed by atoms with E-state index < -0.39 is 0 Å². The van der Waals surface area contributed by atoms with E-state index >= 15 is 0 Å². The summed E-state index contributed by atoms with van der Waals surface area (Å²) in [5.74, 6) is 0.672. The summed E-state index contributed by atoms with van der Waals surface area (Å²) in [5, 5.41) is 8.07. The summed E-state index contributed by atoms with van der Waals surface area (Å²) in [6.45, 7) is 9.23. The maximum atomic E-state index is 4.60. The topological polar surface area (TPSA) is 29.9 Å². The van der Waals surface area contributed by atoms with E-state index in [0.29, 0.717) is 5.92 Å². The number of hydrogen-bond donors (Lipinski definition) is 1. The molecule has 0 aliphatic heterocycles. The van der Waals surface area contributed by atoms with Crippen molar-refractivity contribution in [1.82, 2.24) is 15.1 Å². The number of hydrogen-bond acceptors (Lipinski definition) is 2. The Bertz CT molecular complexity index is 561. The SMILES string of the molecule is Cc1nn(Cc2ccccc2Br)cc1CNCC(C)C. The van der Waals surface area contributed by atoms with Crippen LogP contribution in [-0.4, -0.2) is 16.3 Å². The van der Waals surface area contributed by atoms with Gasteiger partial charge in [0.05, 0.1) is 12.2 Å². The molecule has 1 aromatic heterocycles. The van der Waals surface area contributed by atoms with E-state index in [1.54, 1.807) is 0 Å². The van der Waals surface area contributed by atoms with Crippen LogP contribution in [0.4, 0.5) is 0 Å². The Labute approximate surface area is 129 Å². The Kier molecular flexibility index (Phi) is 5.38. The first-order chi connectivity index (χ1) is 9.56. The zero-order valence-electron chi connectivity index (χ0n) is 12.4. The molecule has 0 saturated carbocycles. The highest BCUT2D eigenvalue weighted by molar-refractivity contribution is 9.10. The minimum atomic E-state index is 0.672. The van der Waals surface area contributed by atoms with Crippen LogP contribution in [0, 0.1) is 12.8 Å². The van der Waals surface area contributed by atoms with Gasteiger partial charge >= 0.3 is 0 Å². The van der Waals surface area contributed by atoms with Crippen molar-refractivity contribution in [2.24, 2.45) is 5.92 Å². The van der Waals surface area contributed by atoms with Gasteiger partial charge in [0.25, 0.3) is 0 Å². The van der Waals surface area contributed by atoms with E-state index in [9.17, 15) is 0 Å². The summed E-state index contributed by atoms with van der Waals surface area (Å²) in [7, 11) is 0. The molecule has 0 atom stereocenters. The molecule has 20 heavy (non-hydrogen) atoms. The Morgan fingerprint density at radius 2 is 2.00 bits per heavy atom. The molecular formula is C16H22BrN3. The fraction of sp³-hybridized carbons (Fsp3) is 0.438. The number of halogens is 1. The molecule has 4 heteroatoms. The second-order valence-corrected chi connectivity index (χ2v) is 6.41. The predicted molar refractivity (Wildman–Crippen MR) is 86.8 cm³/mol. The summed E-state index contributed by atoms with van der Waals surface area (Å²) < 4.78 is 3.15. The van der Waals surface area contributed by atoms with Gasteiger partial charge in [0.15, 0.2) is 0 Å². The van der Waals surface area contributed by atoms with Crippen molar-refractivity contribution in [3.63, 3.8) is 0 Å². The molecule has 1 heterocycles. The zero-order valence-corrected chi connectivity index (χ0v) is 13.9. The Balaban J connectivity index is 2.02. The number of nitrogens with zero attached hydrogens (tertiary/aromatic N) is 2.